The van der Waals surface area contributed by atoms with Gasteiger partial charge in [0.25, 0.3) is 0 Å². The molecule has 0 saturated heterocycles. The minimum absolute atomic E-state index is 0.127. The Balaban J connectivity index is 1.15. The Morgan fingerprint density at radius 2 is 1.76 bits per heavy atom. The summed E-state index contributed by atoms with van der Waals surface area (Å²) in [6, 6.07) is 29.6. The number of anilines is 1. The third-order valence-corrected chi connectivity index (χ3v) is 7.42. The molecule has 1 heterocycles. The summed E-state index contributed by atoms with van der Waals surface area (Å²) in [5.41, 5.74) is 6.15. The van der Waals surface area contributed by atoms with Crippen molar-refractivity contribution in [3.63, 3.8) is 0 Å². The highest BCUT2D eigenvalue weighted by Crippen LogP contribution is 2.49. The highest BCUT2D eigenvalue weighted by atomic mass is 19.1. The zero-order valence-electron chi connectivity index (χ0n) is 21.2. The van der Waals surface area contributed by atoms with E-state index in [4.69, 9.17) is 9.47 Å². The number of benzene rings is 4. The highest BCUT2D eigenvalue weighted by Gasteiger charge is 2.37. The fourth-order valence-corrected chi connectivity index (χ4v) is 5.45. The Morgan fingerprint density at radius 1 is 0.947 bits per heavy atom. The van der Waals surface area contributed by atoms with Gasteiger partial charge in [-0.05, 0) is 71.5 Å². The normalized spacial score (nSPS) is 19.6. The zero-order valence-corrected chi connectivity index (χ0v) is 21.2. The Hall–Kier alpha value is -4.38. The largest absolute Gasteiger partial charge is 0.493 e. The molecule has 0 amide bonds. The van der Waals surface area contributed by atoms with E-state index in [-0.39, 0.29) is 18.5 Å². The monoisotopic (exact) mass is 504 g/mol. The van der Waals surface area contributed by atoms with Crippen LogP contribution in [-0.4, -0.2) is 13.3 Å². The van der Waals surface area contributed by atoms with E-state index >= 15 is 0 Å². The van der Waals surface area contributed by atoms with Gasteiger partial charge in [0, 0.05) is 23.4 Å². The molecule has 0 aromatic heterocycles. The number of ether oxygens (including phenoxy) is 2. The standard InChI is InChI=1S/C33H29FN2O2/c1-37-32-19-22(13-18-31(32)38-21-24-7-2-4-11-29(24)34)20-35-25-16-14-23(15-17-25)33-28-10-6-9-26(28)27-8-3-5-12-30(27)36-33/h2-9,11-20,26,28,33,36H,10,21H2,1H3/t26-,28+,33+/m1/s1. The summed E-state index contributed by atoms with van der Waals surface area (Å²) in [7, 11) is 1.59. The van der Waals surface area contributed by atoms with E-state index in [1.54, 1.807) is 25.3 Å². The van der Waals surface area contributed by atoms with E-state index in [2.05, 4.69) is 71.0 Å². The van der Waals surface area contributed by atoms with Crippen molar-refractivity contribution < 1.29 is 13.9 Å². The van der Waals surface area contributed by atoms with E-state index in [9.17, 15) is 4.39 Å². The van der Waals surface area contributed by atoms with Gasteiger partial charge in [-0.2, -0.15) is 0 Å². The van der Waals surface area contributed by atoms with Gasteiger partial charge in [0.05, 0.1) is 18.8 Å². The molecule has 0 spiro atoms. The number of hydrogen-bond acceptors (Lipinski definition) is 4. The number of allylic oxidation sites excluding steroid dienone is 2. The molecule has 3 atom stereocenters. The predicted molar refractivity (Wildman–Crippen MR) is 150 cm³/mol. The minimum Gasteiger partial charge on any atom is -0.493 e. The molecule has 0 unspecified atom stereocenters. The Labute approximate surface area is 222 Å². The van der Waals surface area contributed by atoms with Crippen molar-refractivity contribution in [1.29, 1.82) is 0 Å². The van der Waals surface area contributed by atoms with Crippen LogP contribution < -0.4 is 14.8 Å². The second-order valence-electron chi connectivity index (χ2n) is 9.70. The lowest BCUT2D eigenvalue weighted by molar-refractivity contribution is 0.279. The molecular weight excluding hydrogens is 475 g/mol. The summed E-state index contributed by atoms with van der Waals surface area (Å²) >= 11 is 0. The first-order valence-electron chi connectivity index (χ1n) is 12.9. The number of fused-ring (bicyclic) bond motifs is 3. The molecule has 6 rings (SSSR count). The lowest BCUT2D eigenvalue weighted by Crippen LogP contribution is -2.28. The smallest absolute Gasteiger partial charge is 0.161 e. The van der Waals surface area contributed by atoms with Crippen LogP contribution in [0.25, 0.3) is 0 Å². The van der Waals surface area contributed by atoms with E-state index in [0.717, 1.165) is 17.7 Å². The van der Waals surface area contributed by atoms with E-state index in [0.29, 0.717) is 28.9 Å². The third kappa shape index (κ3) is 4.80. The van der Waals surface area contributed by atoms with Crippen molar-refractivity contribution in [3.8, 4) is 11.5 Å². The van der Waals surface area contributed by atoms with Crippen LogP contribution in [-0.2, 0) is 6.61 Å². The predicted octanol–water partition coefficient (Wildman–Crippen LogP) is 7.99. The molecule has 0 radical (unpaired) electrons. The third-order valence-electron chi connectivity index (χ3n) is 7.42. The van der Waals surface area contributed by atoms with Gasteiger partial charge in [-0.15, -0.1) is 0 Å². The van der Waals surface area contributed by atoms with Gasteiger partial charge in [-0.1, -0.05) is 60.7 Å². The quantitative estimate of drug-likeness (QED) is 0.205. The summed E-state index contributed by atoms with van der Waals surface area (Å²) in [5, 5.41) is 3.78. The lowest BCUT2D eigenvalue weighted by atomic mass is 9.77. The van der Waals surface area contributed by atoms with Crippen LogP contribution in [0, 0.1) is 11.7 Å². The molecule has 4 nitrogen and oxygen atoms in total. The average Bonchev–Trinajstić information content (AvgIpc) is 3.46. The van der Waals surface area contributed by atoms with E-state index in [1.165, 1.54) is 22.9 Å². The second-order valence-corrected chi connectivity index (χ2v) is 9.70. The Kier molecular flexibility index (Phi) is 6.65. The molecule has 4 aromatic rings. The SMILES string of the molecule is COc1cc(C=Nc2ccc([C@@H]3Nc4ccccc4[C@H]4C=CC[C@@H]43)cc2)ccc1OCc1ccccc1F. The fourth-order valence-electron chi connectivity index (χ4n) is 5.45. The molecule has 0 fully saturated rings. The summed E-state index contributed by atoms with van der Waals surface area (Å²) in [6.07, 6.45) is 7.57. The number of para-hydroxylation sites is 1. The molecule has 1 aliphatic heterocycles. The highest BCUT2D eigenvalue weighted by molar-refractivity contribution is 5.83. The van der Waals surface area contributed by atoms with Gasteiger partial charge >= 0.3 is 0 Å². The molecule has 1 N–H and O–H groups in total. The summed E-state index contributed by atoms with van der Waals surface area (Å²) in [5.74, 6) is 1.82. The number of rotatable bonds is 7. The van der Waals surface area contributed by atoms with E-state index in [1.807, 2.05) is 24.4 Å². The van der Waals surface area contributed by atoms with Gasteiger partial charge in [-0.25, -0.2) is 4.39 Å². The maximum Gasteiger partial charge on any atom is 0.161 e. The Bertz CT molecular complexity index is 1500. The number of hydrogen-bond donors (Lipinski definition) is 1. The first kappa shape index (κ1) is 24.0. The van der Waals surface area contributed by atoms with Gasteiger partial charge in [0.15, 0.2) is 11.5 Å². The van der Waals surface area contributed by atoms with Crippen molar-refractivity contribution in [2.24, 2.45) is 10.9 Å². The van der Waals surface area contributed by atoms with Crippen LogP contribution in [0.4, 0.5) is 15.8 Å². The van der Waals surface area contributed by atoms with Crippen molar-refractivity contribution in [2.45, 2.75) is 25.0 Å². The van der Waals surface area contributed by atoms with Crippen molar-refractivity contribution >= 4 is 17.6 Å². The number of halogens is 1. The molecule has 2 aliphatic rings. The van der Waals surface area contributed by atoms with Gasteiger partial charge in [0.1, 0.15) is 12.4 Å². The molecule has 190 valence electrons. The van der Waals surface area contributed by atoms with Gasteiger partial charge in [0.2, 0.25) is 0 Å². The van der Waals surface area contributed by atoms with Crippen LogP contribution >= 0.6 is 0 Å². The molecular formula is C33H29FN2O2. The van der Waals surface area contributed by atoms with Crippen LogP contribution in [0.15, 0.2) is 108 Å². The molecule has 5 heteroatoms. The number of aliphatic imine (C=N–C) groups is 1. The molecule has 4 aromatic carbocycles. The maximum atomic E-state index is 13.9. The fraction of sp³-hybridized carbons (Fsp3) is 0.182. The first-order chi connectivity index (χ1) is 18.7. The van der Waals surface area contributed by atoms with Gasteiger partial charge in [-0.3, -0.25) is 4.99 Å². The molecule has 0 bridgehead atoms. The van der Waals surface area contributed by atoms with Crippen LogP contribution in [0.2, 0.25) is 0 Å². The minimum atomic E-state index is -0.287. The van der Waals surface area contributed by atoms with Crippen molar-refractivity contribution in [3.05, 3.63) is 131 Å². The number of nitrogens with zero attached hydrogens (tertiary/aromatic N) is 1. The number of methoxy groups -OCH3 is 1. The van der Waals surface area contributed by atoms with Crippen LogP contribution in [0.5, 0.6) is 11.5 Å². The topological polar surface area (TPSA) is 42.8 Å². The maximum absolute atomic E-state index is 13.9. The second kappa shape index (κ2) is 10.5. The number of nitrogens with one attached hydrogen (secondary N) is 1. The van der Waals surface area contributed by atoms with Gasteiger partial charge < -0.3 is 14.8 Å². The average molecular weight is 505 g/mol. The summed E-state index contributed by atoms with van der Waals surface area (Å²) in [4.78, 5) is 4.67. The van der Waals surface area contributed by atoms with Crippen LogP contribution in [0.1, 0.15) is 40.6 Å². The summed E-state index contributed by atoms with van der Waals surface area (Å²) in [6.45, 7) is 0.127. The first-order valence-corrected chi connectivity index (χ1v) is 12.9. The lowest BCUT2D eigenvalue weighted by Gasteiger charge is -2.37. The van der Waals surface area contributed by atoms with Crippen molar-refractivity contribution in [2.75, 3.05) is 12.4 Å². The van der Waals surface area contributed by atoms with Crippen LogP contribution in [0.3, 0.4) is 0 Å². The molecule has 0 saturated carbocycles. The van der Waals surface area contributed by atoms with E-state index < -0.39 is 0 Å². The Morgan fingerprint density at radius 3 is 2.61 bits per heavy atom. The summed E-state index contributed by atoms with van der Waals surface area (Å²) < 4.78 is 25.2. The molecule has 1 aliphatic carbocycles. The van der Waals surface area contributed by atoms with Crippen molar-refractivity contribution in [1.82, 2.24) is 0 Å². The molecule has 38 heavy (non-hydrogen) atoms. The zero-order chi connectivity index (χ0) is 25.9.